The van der Waals surface area contributed by atoms with Crippen LogP contribution >= 0.6 is 0 Å². The Kier molecular flexibility index (Phi) is 8.06. The lowest BCUT2D eigenvalue weighted by molar-refractivity contribution is -0.129. The van der Waals surface area contributed by atoms with Crippen molar-refractivity contribution in [1.82, 2.24) is 9.80 Å². The fourth-order valence-corrected chi connectivity index (χ4v) is 3.85. The Bertz CT molecular complexity index is 969. The quantitative estimate of drug-likeness (QED) is 0.578. The lowest BCUT2D eigenvalue weighted by Crippen LogP contribution is -2.36. The molecule has 6 heteroatoms. The molecule has 3 rings (SSSR count). The van der Waals surface area contributed by atoms with Gasteiger partial charge in [0.05, 0.1) is 18.2 Å². The van der Waals surface area contributed by atoms with E-state index in [1.54, 1.807) is 4.90 Å². The van der Waals surface area contributed by atoms with Gasteiger partial charge in [0.15, 0.2) is 11.5 Å². The third kappa shape index (κ3) is 5.56. The number of Topliss-reactive ketones (excluding diaryl/α,β-unsaturated/α-hetero) is 1. The van der Waals surface area contributed by atoms with Crippen LogP contribution in [-0.4, -0.2) is 60.4 Å². The fourth-order valence-electron chi connectivity index (χ4n) is 3.85. The molecule has 1 amide bonds. The Morgan fingerprint density at radius 1 is 1.12 bits per heavy atom. The Balaban J connectivity index is 1.91. The Hall–Kier alpha value is -3.12. The van der Waals surface area contributed by atoms with Gasteiger partial charge in [0.2, 0.25) is 0 Å². The summed E-state index contributed by atoms with van der Waals surface area (Å²) in [4.78, 5) is 29.8. The number of carbonyl (C=O) groups is 2. The highest BCUT2D eigenvalue weighted by molar-refractivity contribution is 6.09. The molecule has 1 atom stereocenters. The highest BCUT2D eigenvalue weighted by Crippen LogP contribution is 2.39. The van der Waals surface area contributed by atoms with Crippen molar-refractivity contribution in [2.24, 2.45) is 0 Å². The minimum Gasteiger partial charge on any atom is -0.503 e. The van der Waals surface area contributed by atoms with Crippen LogP contribution in [0, 0.1) is 0 Å². The van der Waals surface area contributed by atoms with E-state index < -0.39 is 17.7 Å². The van der Waals surface area contributed by atoms with Crippen molar-refractivity contribution in [2.75, 3.05) is 33.8 Å². The first-order valence-electron chi connectivity index (χ1n) is 11.1. The minimum atomic E-state index is -0.629. The number of ether oxygens (including phenoxy) is 1. The first kappa shape index (κ1) is 23.5. The highest BCUT2D eigenvalue weighted by Gasteiger charge is 2.43. The van der Waals surface area contributed by atoms with E-state index in [0.717, 1.165) is 17.5 Å². The van der Waals surface area contributed by atoms with Crippen LogP contribution in [0.5, 0.6) is 5.75 Å². The molecule has 1 aliphatic rings. The van der Waals surface area contributed by atoms with Gasteiger partial charge in [0.25, 0.3) is 5.91 Å². The van der Waals surface area contributed by atoms with Crippen molar-refractivity contribution >= 4 is 11.7 Å². The predicted octanol–water partition coefficient (Wildman–Crippen LogP) is 3.93. The molecule has 0 saturated carbocycles. The molecule has 0 bridgehead atoms. The number of rotatable bonds is 11. The normalized spacial score (nSPS) is 16.2. The monoisotopic (exact) mass is 436 g/mol. The molecule has 1 N–H and O–H groups in total. The fraction of sp³-hybridized carbons (Fsp3) is 0.385. The van der Waals surface area contributed by atoms with Crippen LogP contribution < -0.4 is 4.74 Å². The maximum Gasteiger partial charge on any atom is 0.290 e. The van der Waals surface area contributed by atoms with Gasteiger partial charge >= 0.3 is 0 Å². The van der Waals surface area contributed by atoms with E-state index in [9.17, 15) is 14.7 Å². The zero-order valence-electron chi connectivity index (χ0n) is 19.1. The van der Waals surface area contributed by atoms with Crippen LogP contribution in [0.15, 0.2) is 65.9 Å². The van der Waals surface area contributed by atoms with Crippen LogP contribution in [0.25, 0.3) is 0 Å². The molecule has 6 nitrogen and oxygen atoms in total. The summed E-state index contributed by atoms with van der Waals surface area (Å²) < 4.78 is 5.77. The van der Waals surface area contributed by atoms with Crippen LogP contribution in [0.1, 0.15) is 36.9 Å². The molecule has 0 saturated heterocycles. The molecule has 1 heterocycles. The molecule has 0 fully saturated rings. The molecular weight excluding hydrogens is 404 g/mol. The van der Waals surface area contributed by atoms with Crippen molar-refractivity contribution in [1.29, 1.82) is 0 Å². The standard InChI is InChI=1S/C26H32N2O4/c1-4-17-32-21-12-8-11-20(18-21)24-23(22(29)14-13-19-9-6-5-7-10-19)25(30)26(31)28(24)16-15-27(2)3/h5-12,18,24,30H,4,13-17H2,1-3H3. The second-order valence-electron chi connectivity index (χ2n) is 8.30. The summed E-state index contributed by atoms with van der Waals surface area (Å²) in [5, 5.41) is 10.7. The van der Waals surface area contributed by atoms with E-state index in [1.165, 1.54) is 0 Å². The first-order chi connectivity index (χ1) is 15.4. The maximum atomic E-state index is 13.3. The second-order valence-corrected chi connectivity index (χ2v) is 8.30. The number of carbonyl (C=O) groups excluding carboxylic acids is 2. The molecule has 2 aromatic rings. The molecule has 1 unspecified atom stereocenters. The largest absolute Gasteiger partial charge is 0.503 e. The Morgan fingerprint density at radius 2 is 1.88 bits per heavy atom. The summed E-state index contributed by atoms with van der Waals surface area (Å²) in [5.41, 5.74) is 1.98. The Labute approximate surface area is 190 Å². The number of nitrogens with zero attached hydrogens (tertiary/aromatic N) is 2. The predicted molar refractivity (Wildman–Crippen MR) is 125 cm³/mol. The number of likely N-dealkylation sites (N-methyl/N-ethyl adjacent to an activating group) is 1. The lowest BCUT2D eigenvalue weighted by Gasteiger charge is -2.28. The smallest absolute Gasteiger partial charge is 0.290 e. The van der Waals surface area contributed by atoms with E-state index >= 15 is 0 Å². The van der Waals surface area contributed by atoms with Gasteiger partial charge in [-0.1, -0.05) is 49.4 Å². The second kappa shape index (κ2) is 11.0. The van der Waals surface area contributed by atoms with Crippen molar-refractivity contribution in [3.05, 3.63) is 77.1 Å². The van der Waals surface area contributed by atoms with Gasteiger partial charge in [-0.05, 0) is 50.2 Å². The van der Waals surface area contributed by atoms with Gasteiger partial charge in [-0.3, -0.25) is 9.59 Å². The molecular formula is C26H32N2O4. The minimum absolute atomic E-state index is 0.178. The summed E-state index contributed by atoms with van der Waals surface area (Å²) >= 11 is 0. The average Bonchev–Trinajstić information content (AvgIpc) is 3.05. The zero-order valence-corrected chi connectivity index (χ0v) is 19.1. The van der Waals surface area contributed by atoms with Crippen molar-refractivity contribution < 1.29 is 19.4 Å². The molecule has 2 aromatic carbocycles. The van der Waals surface area contributed by atoms with Crippen LogP contribution in [0.4, 0.5) is 0 Å². The zero-order chi connectivity index (χ0) is 23.1. The number of aliphatic hydroxyl groups is 1. The maximum absolute atomic E-state index is 13.3. The van der Waals surface area contributed by atoms with Gasteiger partial charge in [0, 0.05) is 19.5 Å². The van der Waals surface area contributed by atoms with E-state index in [4.69, 9.17) is 4.74 Å². The molecule has 0 spiro atoms. The van der Waals surface area contributed by atoms with E-state index in [2.05, 4.69) is 0 Å². The number of aryl methyl sites for hydroxylation is 1. The summed E-state index contributed by atoms with van der Waals surface area (Å²) in [6.45, 7) is 3.64. The number of amides is 1. The molecule has 32 heavy (non-hydrogen) atoms. The number of aliphatic hydroxyl groups excluding tert-OH is 1. The van der Waals surface area contributed by atoms with E-state index in [0.29, 0.717) is 31.9 Å². The molecule has 0 aromatic heterocycles. The third-order valence-electron chi connectivity index (χ3n) is 5.52. The summed E-state index contributed by atoms with van der Waals surface area (Å²) in [5.74, 6) is -0.463. The first-order valence-corrected chi connectivity index (χ1v) is 11.1. The Morgan fingerprint density at radius 3 is 2.56 bits per heavy atom. The van der Waals surface area contributed by atoms with Crippen molar-refractivity contribution in [2.45, 2.75) is 32.2 Å². The summed E-state index contributed by atoms with van der Waals surface area (Å²) in [6.07, 6.45) is 1.65. The summed E-state index contributed by atoms with van der Waals surface area (Å²) in [7, 11) is 3.85. The molecule has 0 aliphatic carbocycles. The third-order valence-corrected chi connectivity index (χ3v) is 5.52. The average molecular weight is 437 g/mol. The van der Waals surface area contributed by atoms with Gasteiger partial charge < -0.3 is 19.6 Å². The topological polar surface area (TPSA) is 70.1 Å². The summed E-state index contributed by atoms with van der Waals surface area (Å²) in [6, 6.07) is 16.6. The highest BCUT2D eigenvalue weighted by atomic mass is 16.5. The number of hydrogen-bond acceptors (Lipinski definition) is 5. The van der Waals surface area contributed by atoms with Gasteiger partial charge in [-0.15, -0.1) is 0 Å². The van der Waals surface area contributed by atoms with Crippen molar-refractivity contribution in [3.63, 3.8) is 0 Å². The van der Waals surface area contributed by atoms with Crippen LogP contribution in [0.3, 0.4) is 0 Å². The van der Waals surface area contributed by atoms with Crippen LogP contribution in [0.2, 0.25) is 0 Å². The molecule has 170 valence electrons. The number of benzene rings is 2. The van der Waals surface area contributed by atoms with Crippen molar-refractivity contribution in [3.8, 4) is 5.75 Å². The van der Waals surface area contributed by atoms with Gasteiger partial charge in [-0.25, -0.2) is 0 Å². The van der Waals surface area contributed by atoms with Gasteiger partial charge in [0.1, 0.15) is 5.75 Å². The molecule has 1 aliphatic heterocycles. The molecule has 0 radical (unpaired) electrons. The van der Waals surface area contributed by atoms with E-state index in [1.807, 2.05) is 80.5 Å². The number of ketones is 1. The van der Waals surface area contributed by atoms with Crippen LogP contribution in [-0.2, 0) is 16.0 Å². The van der Waals surface area contributed by atoms with E-state index in [-0.39, 0.29) is 17.8 Å². The SMILES string of the molecule is CCCOc1cccc(C2C(C(=O)CCc3ccccc3)=C(O)C(=O)N2CCN(C)C)c1. The number of hydrogen-bond donors (Lipinski definition) is 1. The van der Waals surface area contributed by atoms with Gasteiger partial charge in [-0.2, -0.15) is 0 Å². The lowest BCUT2D eigenvalue weighted by atomic mass is 9.93.